The van der Waals surface area contributed by atoms with Crippen LogP contribution in [0.25, 0.3) is 11.1 Å². The predicted octanol–water partition coefficient (Wildman–Crippen LogP) is 6.54. The number of hydrogen-bond donors (Lipinski definition) is 1. The Bertz CT molecular complexity index is 1230. The number of alkyl halides is 3. The minimum atomic E-state index is -4.43. The molecule has 2 atom stereocenters. The fourth-order valence-corrected chi connectivity index (χ4v) is 4.38. The zero-order chi connectivity index (χ0) is 23.8. The maximum Gasteiger partial charge on any atom is 0.416 e. The molecule has 1 aliphatic heterocycles. The maximum atomic E-state index is 13.2. The minimum Gasteiger partial charge on any atom is -0.378 e. The Morgan fingerprint density at radius 2 is 1.76 bits per heavy atom. The van der Waals surface area contributed by atoms with Crippen LogP contribution in [0, 0.1) is 11.3 Å². The molecular formula is C26H22F3N3O. The Morgan fingerprint density at radius 3 is 2.39 bits per heavy atom. The van der Waals surface area contributed by atoms with Gasteiger partial charge in [0.15, 0.2) is 0 Å². The Labute approximate surface area is 190 Å². The second-order valence-electron chi connectivity index (χ2n) is 8.21. The summed E-state index contributed by atoms with van der Waals surface area (Å²) in [6.45, 7) is 3.44. The number of benzene rings is 3. The number of halogens is 3. The monoisotopic (exact) mass is 449 g/mol. The molecule has 0 radical (unpaired) electrons. The zero-order valence-electron chi connectivity index (χ0n) is 18.1. The van der Waals surface area contributed by atoms with Gasteiger partial charge in [-0.15, -0.1) is 0 Å². The third-order valence-corrected chi connectivity index (χ3v) is 5.90. The maximum absolute atomic E-state index is 13.2. The molecule has 0 saturated heterocycles. The van der Waals surface area contributed by atoms with Gasteiger partial charge in [-0.05, 0) is 72.5 Å². The van der Waals surface area contributed by atoms with E-state index in [2.05, 4.69) is 11.4 Å². The van der Waals surface area contributed by atoms with E-state index in [9.17, 15) is 18.0 Å². The van der Waals surface area contributed by atoms with Crippen molar-refractivity contribution in [2.24, 2.45) is 0 Å². The van der Waals surface area contributed by atoms with E-state index in [0.717, 1.165) is 34.5 Å². The smallest absolute Gasteiger partial charge is 0.378 e. The van der Waals surface area contributed by atoms with E-state index in [1.807, 2.05) is 37.3 Å². The molecule has 3 aromatic carbocycles. The number of amides is 1. The number of hydrogen-bond acceptors (Lipinski definition) is 3. The number of carbonyl (C=O) groups excluding carboxylic acids is 1. The molecule has 0 fully saturated rings. The number of fused-ring (bicyclic) bond motifs is 1. The molecule has 7 heteroatoms. The standard InChI is InChI=1S/C26H22F3N3O/c1-16-12-24(31-22-5-3-4-21(14-22)26(27,28)29)23-13-20(10-11-25(23)32(16)17(2)33)19-8-6-18(15-30)7-9-19/h3-11,13-14,16,24,31H,12H2,1-2H3/t16-,24+/m1/s1. The summed E-state index contributed by atoms with van der Waals surface area (Å²) in [5.41, 5.74) is 3.58. The normalized spacial score (nSPS) is 17.8. The van der Waals surface area contributed by atoms with E-state index in [0.29, 0.717) is 17.7 Å². The minimum absolute atomic E-state index is 0.0904. The van der Waals surface area contributed by atoms with Gasteiger partial charge in [0.25, 0.3) is 0 Å². The number of carbonyl (C=O) groups is 1. The molecule has 4 rings (SSSR count). The summed E-state index contributed by atoms with van der Waals surface area (Å²) in [6.07, 6.45) is -3.89. The first-order valence-corrected chi connectivity index (χ1v) is 10.6. The lowest BCUT2D eigenvalue weighted by Crippen LogP contribution is -2.43. The van der Waals surface area contributed by atoms with E-state index in [-0.39, 0.29) is 18.0 Å². The van der Waals surface area contributed by atoms with Gasteiger partial charge in [-0.1, -0.05) is 24.3 Å². The van der Waals surface area contributed by atoms with Crippen LogP contribution in [-0.2, 0) is 11.0 Å². The first-order chi connectivity index (χ1) is 15.7. The summed E-state index contributed by atoms with van der Waals surface area (Å²) >= 11 is 0. The van der Waals surface area contributed by atoms with Gasteiger partial charge in [0.1, 0.15) is 0 Å². The highest BCUT2D eigenvalue weighted by Gasteiger charge is 2.34. The topological polar surface area (TPSA) is 56.1 Å². The molecule has 1 heterocycles. The van der Waals surface area contributed by atoms with Crippen molar-refractivity contribution in [3.8, 4) is 17.2 Å². The van der Waals surface area contributed by atoms with Crippen molar-refractivity contribution in [1.82, 2.24) is 0 Å². The van der Waals surface area contributed by atoms with Crippen molar-refractivity contribution in [3.63, 3.8) is 0 Å². The van der Waals surface area contributed by atoms with Crippen LogP contribution in [0.1, 0.15) is 43.0 Å². The van der Waals surface area contributed by atoms with Crippen molar-refractivity contribution in [2.75, 3.05) is 10.2 Å². The van der Waals surface area contributed by atoms with Crippen LogP contribution in [0.5, 0.6) is 0 Å². The van der Waals surface area contributed by atoms with Crippen LogP contribution in [-0.4, -0.2) is 11.9 Å². The molecule has 1 aliphatic rings. The lowest BCUT2D eigenvalue weighted by Gasteiger charge is -2.40. The van der Waals surface area contributed by atoms with Crippen molar-refractivity contribution in [1.29, 1.82) is 5.26 Å². The second kappa shape index (κ2) is 8.62. The number of nitriles is 1. The lowest BCUT2D eigenvalue weighted by molar-refractivity contribution is -0.137. The van der Waals surface area contributed by atoms with Gasteiger partial charge >= 0.3 is 6.18 Å². The fourth-order valence-electron chi connectivity index (χ4n) is 4.38. The van der Waals surface area contributed by atoms with Gasteiger partial charge in [-0.3, -0.25) is 4.79 Å². The molecule has 0 unspecified atom stereocenters. The third-order valence-electron chi connectivity index (χ3n) is 5.90. The third kappa shape index (κ3) is 4.56. The summed E-state index contributed by atoms with van der Waals surface area (Å²) in [4.78, 5) is 14.1. The molecular weight excluding hydrogens is 427 g/mol. The molecule has 1 amide bonds. The molecule has 0 aromatic heterocycles. The second-order valence-corrected chi connectivity index (χ2v) is 8.21. The summed E-state index contributed by atoms with van der Waals surface area (Å²) in [7, 11) is 0. The van der Waals surface area contributed by atoms with Gasteiger partial charge in [0.05, 0.1) is 23.2 Å². The molecule has 0 aliphatic carbocycles. The first-order valence-electron chi connectivity index (χ1n) is 10.6. The molecule has 0 saturated carbocycles. The van der Waals surface area contributed by atoms with Gasteiger partial charge < -0.3 is 10.2 Å². The van der Waals surface area contributed by atoms with E-state index in [4.69, 9.17) is 5.26 Å². The van der Waals surface area contributed by atoms with Crippen LogP contribution in [0.4, 0.5) is 24.5 Å². The van der Waals surface area contributed by atoms with E-state index in [1.165, 1.54) is 13.0 Å². The quantitative estimate of drug-likeness (QED) is 0.494. The van der Waals surface area contributed by atoms with Gasteiger partial charge in [-0.2, -0.15) is 18.4 Å². The van der Waals surface area contributed by atoms with Crippen LogP contribution in [0.3, 0.4) is 0 Å². The highest BCUT2D eigenvalue weighted by Crippen LogP contribution is 2.41. The Kier molecular flexibility index (Phi) is 5.86. The molecule has 0 bridgehead atoms. The van der Waals surface area contributed by atoms with Crippen LogP contribution in [0.2, 0.25) is 0 Å². The molecule has 168 valence electrons. The summed E-state index contributed by atoms with van der Waals surface area (Å²) < 4.78 is 39.6. The predicted molar refractivity (Wildman–Crippen MR) is 122 cm³/mol. The zero-order valence-corrected chi connectivity index (χ0v) is 18.1. The Hall–Kier alpha value is -3.79. The van der Waals surface area contributed by atoms with Crippen LogP contribution in [0.15, 0.2) is 66.7 Å². The molecule has 4 nitrogen and oxygen atoms in total. The number of rotatable bonds is 3. The lowest BCUT2D eigenvalue weighted by atomic mass is 9.88. The van der Waals surface area contributed by atoms with Crippen molar-refractivity contribution < 1.29 is 18.0 Å². The summed E-state index contributed by atoms with van der Waals surface area (Å²) in [5.74, 6) is -0.0904. The van der Waals surface area contributed by atoms with Gasteiger partial charge in [0.2, 0.25) is 5.91 Å². The summed E-state index contributed by atoms with van der Waals surface area (Å²) in [5, 5.41) is 12.3. The van der Waals surface area contributed by atoms with Crippen LogP contribution >= 0.6 is 0 Å². The van der Waals surface area contributed by atoms with E-state index >= 15 is 0 Å². The molecule has 0 spiro atoms. The number of nitrogens with one attached hydrogen (secondary N) is 1. The Morgan fingerprint density at radius 1 is 1.06 bits per heavy atom. The molecule has 3 aromatic rings. The highest BCUT2D eigenvalue weighted by atomic mass is 19.4. The fraction of sp³-hybridized carbons (Fsp3) is 0.231. The van der Waals surface area contributed by atoms with Crippen LogP contribution < -0.4 is 10.2 Å². The SMILES string of the molecule is CC(=O)N1c2ccc(-c3ccc(C#N)cc3)cc2[C@@H](Nc2cccc(C(F)(F)F)c2)C[C@H]1C. The first kappa shape index (κ1) is 22.4. The van der Waals surface area contributed by atoms with Crippen molar-refractivity contribution in [2.45, 2.75) is 38.5 Å². The largest absolute Gasteiger partial charge is 0.416 e. The average Bonchev–Trinajstić information content (AvgIpc) is 2.78. The van der Waals surface area contributed by atoms with Gasteiger partial charge in [0, 0.05) is 24.3 Å². The van der Waals surface area contributed by atoms with Gasteiger partial charge in [-0.25, -0.2) is 0 Å². The molecule has 33 heavy (non-hydrogen) atoms. The van der Waals surface area contributed by atoms with E-state index in [1.54, 1.807) is 23.1 Å². The number of anilines is 2. The average molecular weight is 449 g/mol. The summed E-state index contributed by atoms with van der Waals surface area (Å²) in [6, 6.07) is 19.7. The van der Waals surface area contributed by atoms with Crippen molar-refractivity contribution in [3.05, 3.63) is 83.4 Å². The number of nitrogens with zero attached hydrogens (tertiary/aromatic N) is 2. The van der Waals surface area contributed by atoms with E-state index < -0.39 is 11.7 Å². The Balaban J connectivity index is 1.76. The highest BCUT2D eigenvalue weighted by molar-refractivity contribution is 5.94. The molecule has 1 N–H and O–H groups in total. The van der Waals surface area contributed by atoms with Crippen molar-refractivity contribution >= 4 is 17.3 Å².